The van der Waals surface area contributed by atoms with Crippen molar-refractivity contribution in [1.29, 1.82) is 0 Å². The molecule has 0 aromatic heterocycles. The van der Waals surface area contributed by atoms with Crippen LogP contribution < -0.4 is 0 Å². The second-order valence-corrected chi connectivity index (χ2v) is 11.5. The van der Waals surface area contributed by atoms with Crippen LogP contribution >= 0.6 is 0 Å². The van der Waals surface area contributed by atoms with Crippen molar-refractivity contribution in [2.45, 2.75) is 51.7 Å². The van der Waals surface area contributed by atoms with Gasteiger partial charge in [-0.25, -0.2) is 8.42 Å². The number of carbonyl (C=O) groups is 1. The van der Waals surface area contributed by atoms with Crippen molar-refractivity contribution in [2.75, 3.05) is 32.4 Å². The normalized spacial score (nSPS) is 20.5. The lowest BCUT2D eigenvalue weighted by molar-refractivity contribution is 0.0638. The van der Waals surface area contributed by atoms with Crippen LogP contribution in [0.4, 0.5) is 0 Å². The minimum Gasteiger partial charge on any atom is -0.339 e. The zero-order chi connectivity index (χ0) is 23.6. The fourth-order valence-corrected chi connectivity index (χ4v) is 6.46. The first-order chi connectivity index (χ1) is 15.7. The molecule has 33 heavy (non-hydrogen) atoms. The Labute approximate surface area is 198 Å². The van der Waals surface area contributed by atoms with Gasteiger partial charge in [0.1, 0.15) is 0 Å². The second-order valence-electron chi connectivity index (χ2n) is 9.52. The van der Waals surface area contributed by atoms with Gasteiger partial charge in [-0.1, -0.05) is 48.5 Å². The van der Waals surface area contributed by atoms with Gasteiger partial charge in [-0.15, -0.1) is 0 Å². The van der Waals surface area contributed by atoms with Crippen LogP contribution in [0.5, 0.6) is 0 Å². The van der Waals surface area contributed by atoms with E-state index in [2.05, 4.69) is 4.90 Å². The molecule has 0 spiro atoms. The van der Waals surface area contributed by atoms with E-state index in [1.54, 1.807) is 4.31 Å². The highest BCUT2D eigenvalue weighted by atomic mass is 32.2. The average Bonchev–Trinajstić information content (AvgIpc) is 3.27. The molecule has 1 amide bonds. The number of aryl methyl sites for hydroxylation is 2. The Morgan fingerprint density at radius 3 is 2.18 bits per heavy atom. The number of amides is 1. The quantitative estimate of drug-likeness (QED) is 0.650. The first kappa shape index (κ1) is 23.9. The third-order valence-corrected chi connectivity index (χ3v) is 8.45. The van der Waals surface area contributed by atoms with Crippen molar-refractivity contribution >= 4 is 15.9 Å². The van der Waals surface area contributed by atoms with Gasteiger partial charge in [0.2, 0.25) is 10.0 Å². The summed E-state index contributed by atoms with van der Waals surface area (Å²) in [6.45, 7) is 7.58. The van der Waals surface area contributed by atoms with E-state index in [0.717, 1.165) is 67.7 Å². The van der Waals surface area contributed by atoms with Crippen LogP contribution in [0.25, 0.3) is 0 Å². The molecule has 0 radical (unpaired) electrons. The van der Waals surface area contributed by atoms with Crippen LogP contribution in [-0.2, 0) is 16.6 Å². The Kier molecular flexibility index (Phi) is 7.22. The lowest BCUT2D eigenvalue weighted by atomic mass is 9.98. The van der Waals surface area contributed by atoms with Gasteiger partial charge >= 0.3 is 0 Å². The summed E-state index contributed by atoms with van der Waals surface area (Å²) in [5.74, 6) is 0.134. The number of nitrogens with zero attached hydrogens (tertiary/aromatic N) is 3. The largest absolute Gasteiger partial charge is 0.339 e. The zero-order valence-corrected chi connectivity index (χ0v) is 20.7. The summed E-state index contributed by atoms with van der Waals surface area (Å²) >= 11 is 0. The van der Waals surface area contributed by atoms with Crippen molar-refractivity contribution in [1.82, 2.24) is 14.1 Å². The fourth-order valence-electron chi connectivity index (χ4n) is 5.36. The van der Waals surface area contributed by atoms with E-state index in [0.29, 0.717) is 12.6 Å². The molecule has 0 N–H and O–H groups in total. The third-order valence-electron chi connectivity index (χ3n) is 7.17. The second kappa shape index (κ2) is 9.95. The molecule has 0 saturated carbocycles. The zero-order valence-electron chi connectivity index (χ0n) is 19.9. The highest BCUT2D eigenvalue weighted by Crippen LogP contribution is 2.27. The minimum absolute atomic E-state index is 0.00511. The topological polar surface area (TPSA) is 60.9 Å². The average molecular weight is 470 g/mol. The number of piperidine rings is 1. The molecule has 0 bridgehead atoms. The molecule has 178 valence electrons. The van der Waals surface area contributed by atoms with Crippen molar-refractivity contribution < 1.29 is 13.2 Å². The summed E-state index contributed by atoms with van der Waals surface area (Å²) in [6, 6.07) is 16.2. The Hall–Kier alpha value is -2.22. The van der Waals surface area contributed by atoms with Gasteiger partial charge in [-0.05, 0) is 49.8 Å². The van der Waals surface area contributed by atoms with E-state index < -0.39 is 10.0 Å². The Bertz CT molecular complexity index is 1060. The molecule has 4 rings (SSSR count). The number of hydrogen-bond acceptors (Lipinski definition) is 4. The van der Waals surface area contributed by atoms with Gasteiger partial charge < -0.3 is 4.90 Å². The van der Waals surface area contributed by atoms with Crippen LogP contribution in [0, 0.1) is 13.8 Å². The van der Waals surface area contributed by atoms with E-state index in [1.807, 2.05) is 67.3 Å². The monoisotopic (exact) mass is 469 g/mol. The smallest absolute Gasteiger partial charge is 0.254 e. The summed E-state index contributed by atoms with van der Waals surface area (Å²) in [5, 5.41) is 0. The summed E-state index contributed by atoms with van der Waals surface area (Å²) in [6.07, 6.45) is 4.03. The maximum absolute atomic E-state index is 13.1. The Morgan fingerprint density at radius 2 is 1.58 bits per heavy atom. The SMILES string of the molecule is Cc1cccc(C)c1C(=O)N1CCC(N2CC[C@@H](N(Cc3ccccc3)S(C)(=O)=O)C2)CC1. The highest BCUT2D eigenvalue weighted by Gasteiger charge is 2.37. The number of sulfonamides is 1. The number of benzene rings is 2. The third kappa shape index (κ3) is 5.48. The van der Waals surface area contributed by atoms with Crippen molar-refractivity contribution in [3.8, 4) is 0 Å². The number of rotatable bonds is 6. The molecular weight excluding hydrogens is 434 g/mol. The predicted octanol–water partition coefficient (Wildman–Crippen LogP) is 3.44. The lowest BCUT2D eigenvalue weighted by Gasteiger charge is -2.37. The fraction of sp³-hybridized carbons (Fsp3) is 0.500. The van der Waals surface area contributed by atoms with Crippen molar-refractivity contribution in [3.05, 3.63) is 70.8 Å². The van der Waals surface area contributed by atoms with Gasteiger partial charge in [0.15, 0.2) is 0 Å². The van der Waals surface area contributed by atoms with E-state index in [9.17, 15) is 13.2 Å². The molecule has 7 heteroatoms. The Morgan fingerprint density at radius 1 is 0.939 bits per heavy atom. The highest BCUT2D eigenvalue weighted by molar-refractivity contribution is 7.88. The molecule has 2 fully saturated rings. The Balaban J connectivity index is 1.36. The first-order valence-corrected chi connectivity index (χ1v) is 13.7. The molecule has 2 aromatic rings. The standard InChI is InChI=1S/C26H35N3O3S/c1-20-8-7-9-21(2)25(20)26(30)27-15-12-23(13-16-27)28-17-14-24(19-28)29(33(3,31)32)18-22-10-5-4-6-11-22/h4-11,23-24H,12-19H2,1-3H3/t24-/m1/s1. The van der Waals surface area contributed by atoms with Gasteiger partial charge in [0, 0.05) is 50.4 Å². The lowest BCUT2D eigenvalue weighted by Crippen LogP contribution is -2.47. The molecule has 2 heterocycles. The molecule has 2 aliphatic heterocycles. The number of carbonyl (C=O) groups excluding carboxylic acids is 1. The maximum Gasteiger partial charge on any atom is 0.254 e. The molecule has 6 nitrogen and oxygen atoms in total. The van der Waals surface area contributed by atoms with Gasteiger partial charge in [-0.2, -0.15) is 4.31 Å². The summed E-state index contributed by atoms with van der Waals surface area (Å²) in [4.78, 5) is 17.6. The summed E-state index contributed by atoms with van der Waals surface area (Å²) in [7, 11) is -3.31. The van der Waals surface area contributed by atoms with Crippen LogP contribution in [0.15, 0.2) is 48.5 Å². The van der Waals surface area contributed by atoms with Crippen LogP contribution in [0.2, 0.25) is 0 Å². The van der Waals surface area contributed by atoms with Gasteiger partial charge in [-0.3, -0.25) is 9.69 Å². The molecular formula is C26H35N3O3S. The molecule has 2 saturated heterocycles. The van der Waals surface area contributed by atoms with Crippen LogP contribution in [-0.4, -0.2) is 72.9 Å². The van der Waals surface area contributed by atoms with Crippen molar-refractivity contribution in [3.63, 3.8) is 0 Å². The molecule has 2 aromatic carbocycles. The first-order valence-electron chi connectivity index (χ1n) is 11.8. The van der Waals surface area contributed by atoms with Crippen LogP contribution in [0.1, 0.15) is 46.3 Å². The molecule has 2 aliphatic rings. The predicted molar refractivity (Wildman–Crippen MR) is 132 cm³/mol. The molecule has 1 atom stereocenters. The van der Waals surface area contributed by atoms with Crippen molar-refractivity contribution in [2.24, 2.45) is 0 Å². The molecule has 0 unspecified atom stereocenters. The summed E-state index contributed by atoms with van der Waals surface area (Å²) in [5.41, 5.74) is 3.91. The van der Waals surface area contributed by atoms with E-state index in [-0.39, 0.29) is 11.9 Å². The summed E-state index contributed by atoms with van der Waals surface area (Å²) < 4.78 is 26.8. The number of likely N-dealkylation sites (tertiary alicyclic amines) is 2. The molecule has 0 aliphatic carbocycles. The van der Waals surface area contributed by atoms with Gasteiger partial charge in [0.25, 0.3) is 5.91 Å². The van der Waals surface area contributed by atoms with E-state index in [4.69, 9.17) is 0 Å². The van der Waals surface area contributed by atoms with E-state index in [1.165, 1.54) is 6.26 Å². The minimum atomic E-state index is -3.31. The van der Waals surface area contributed by atoms with Gasteiger partial charge in [0.05, 0.1) is 6.26 Å². The van der Waals surface area contributed by atoms with Crippen LogP contribution in [0.3, 0.4) is 0 Å². The van der Waals surface area contributed by atoms with E-state index >= 15 is 0 Å². The maximum atomic E-state index is 13.1. The number of hydrogen-bond donors (Lipinski definition) is 0.